The Morgan fingerprint density at radius 3 is 2.42 bits per heavy atom. The Hall–Kier alpha value is -1.10. The van der Waals surface area contributed by atoms with Crippen LogP contribution in [-0.2, 0) is 9.59 Å². The molecular weight excluding hydrogens is 244 g/mol. The third-order valence-electron chi connectivity index (χ3n) is 4.15. The second kappa shape index (κ2) is 6.89. The highest BCUT2D eigenvalue weighted by atomic mass is 16.3. The number of amides is 2. The zero-order chi connectivity index (χ0) is 14.5. The maximum atomic E-state index is 11.6. The van der Waals surface area contributed by atoms with Gasteiger partial charge in [-0.15, -0.1) is 0 Å². The van der Waals surface area contributed by atoms with E-state index >= 15 is 0 Å². The summed E-state index contributed by atoms with van der Waals surface area (Å²) < 4.78 is 0. The van der Waals surface area contributed by atoms with Gasteiger partial charge in [0.05, 0.1) is 12.1 Å². The average Bonchev–Trinajstić information content (AvgIpc) is 2.37. The van der Waals surface area contributed by atoms with Crippen LogP contribution in [0.4, 0.5) is 0 Å². The molecule has 2 N–H and O–H groups in total. The number of hydrogen-bond acceptors (Lipinski definition) is 3. The highest BCUT2D eigenvalue weighted by molar-refractivity contribution is 5.83. The van der Waals surface area contributed by atoms with Gasteiger partial charge in [0, 0.05) is 20.5 Å². The van der Waals surface area contributed by atoms with Crippen LogP contribution >= 0.6 is 0 Å². The van der Waals surface area contributed by atoms with Crippen molar-refractivity contribution in [1.82, 2.24) is 10.2 Å². The first-order valence-electron chi connectivity index (χ1n) is 7.07. The van der Waals surface area contributed by atoms with Crippen LogP contribution in [0.1, 0.15) is 46.0 Å². The Kier molecular flexibility index (Phi) is 5.79. The molecule has 0 atom stereocenters. The first-order valence-corrected chi connectivity index (χ1v) is 7.07. The van der Waals surface area contributed by atoms with Gasteiger partial charge in [-0.3, -0.25) is 9.59 Å². The monoisotopic (exact) mass is 270 g/mol. The van der Waals surface area contributed by atoms with E-state index in [1.807, 2.05) is 0 Å². The van der Waals surface area contributed by atoms with Crippen molar-refractivity contribution in [3.8, 4) is 0 Å². The van der Waals surface area contributed by atoms with Crippen LogP contribution in [0.3, 0.4) is 0 Å². The lowest BCUT2D eigenvalue weighted by molar-refractivity contribution is -0.133. The Balaban J connectivity index is 2.32. The number of hydrogen-bond donors (Lipinski definition) is 2. The first-order chi connectivity index (χ1) is 8.86. The topological polar surface area (TPSA) is 69.6 Å². The average molecular weight is 270 g/mol. The van der Waals surface area contributed by atoms with Crippen LogP contribution < -0.4 is 5.32 Å². The summed E-state index contributed by atoms with van der Waals surface area (Å²) in [4.78, 5) is 24.0. The third-order valence-corrected chi connectivity index (χ3v) is 4.15. The summed E-state index contributed by atoms with van der Waals surface area (Å²) in [6.45, 7) is 3.93. The lowest BCUT2D eigenvalue weighted by atomic mass is 9.78. The van der Waals surface area contributed by atoms with E-state index in [2.05, 4.69) is 12.2 Å². The molecule has 1 aliphatic rings. The van der Waals surface area contributed by atoms with Crippen LogP contribution in [0.15, 0.2) is 0 Å². The van der Waals surface area contributed by atoms with Gasteiger partial charge in [-0.1, -0.05) is 13.3 Å². The molecule has 0 radical (unpaired) electrons. The lowest BCUT2D eigenvalue weighted by Crippen LogP contribution is -2.47. The van der Waals surface area contributed by atoms with Gasteiger partial charge < -0.3 is 15.3 Å². The van der Waals surface area contributed by atoms with Crippen LogP contribution in [0.2, 0.25) is 0 Å². The normalized spacial score (nSPS) is 26.8. The van der Waals surface area contributed by atoms with Gasteiger partial charge in [-0.2, -0.15) is 0 Å². The quantitative estimate of drug-likeness (QED) is 0.780. The van der Waals surface area contributed by atoms with Crippen molar-refractivity contribution in [2.75, 3.05) is 20.1 Å². The maximum absolute atomic E-state index is 11.6. The van der Waals surface area contributed by atoms with Crippen molar-refractivity contribution < 1.29 is 14.7 Å². The predicted molar refractivity (Wildman–Crippen MR) is 73.5 cm³/mol. The summed E-state index contributed by atoms with van der Waals surface area (Å²) in [6.07, 6.45) is 4.70. The SMILES string of the molecule is CCC1CCC(O)(CNC(=O)CN(C)C(C)=O)CC1. The predicted octanol–water partition coefficient (Wildman–Crippen LogP) is 0.912. The minimum atomic E-state index is -0.768. The molecule has 2 amide bonds. The zero-order valence-corrected chi connectivity index (χ0v) is 12.2. The zero-order valence-electron chi connectivity index (χ0n) is 12.2. The molecule has 0 saturated heterocycles. The van der Waals surface area contributed by atoms with E-state index in [-0.39, 0.29) is 24.9 Å². The van der Waals surface area contributed by atoms with E-state index in [9.17, 15) is 14.7 Å². The van der Waals surface area contributed by atoms with E-state index in [0.717, 1.165) is 32.1 Å². The summed E-state index contributed by atoms with van der Waals surface area (Å²) in [5, 5.41) is 13.1. The van der Waals surface area contributed by atoms with Crippen LogP contribution in [0, 0.1) is 5.92 Å². The number of carbonyl (C=O) groups excluding carboxylic acids is 2. The van der Waals surface area contributed by atoms with Gasteiger partial charge in [-0.05, 0) is 31.6 Å². The molecule has 0 aromatic heterocycles. The molecule has 0 unspecified atom stereocenters. The highest BCUT2D eigenvalue weighted by Gasteiger charge is 2.32. The minimum Gasteiger partial charge on any atom is -0.388 e. The van der Waals surface area contributed by atoms with E-state index in [0.29, 0.717) is 5.92 Å². The molecular formula is C14H26N2O3. The van der Waals surface area contributed by atoms with E-state index in [1.165, 1.54) is 11.8 Å². The molecule has 1 fully saturated rings. The van der Waals surface area contributed by atoms with Gasteiger partial charge in [0.1, 0.15) is 0 Å². The fraction of sp³-hybridized carbons (Fsp3) is 0.857. The Morgan fingerprint density at radius 2 is 1.95 bits per heavy atom. The van der Waals surface area contributed by atoms with Crippen molar-refractivity contribution in [2.24, 2.45) is 5.92 Å². The number of carbonyl (C=O) groups is 2. The molecule has 5 nitrogen and oxygen atoms in total. The smallest absolute Gasteiger partial charge is 0.239 e. The fourth-order valence-electron chi connectivity index (χ4n) is 2.45. The second-order valence-electron chi connectivity index (χ2n) is 5.73. The molecule has 0 aromatic carbocycles. The first kappa shape index (κ1) is 16.0. The maximum Gasteiger partial charge on any atom is 0.239 e. The van der Waals surface area contributed by atoms with Crippen LogP contribution in [0.5, 0.6) is 0 Å². The van der Waals surface area contributed by atoms with Gasteiger partial charge in [0.25, 0.3) is 0 Å². The number of rotatable bonds is 5. The lowest BCUT2D eigenvalue weighted by Gasteiger charge is -2.36. The van der Waals surface area contributed by atoms with Crippen LogP contribution in [0.25, 0.3) is 0 Å². The minimum absolute atomic E-state index is 0.0446. The largest absolute Gasteiger partial charge is 0.388 e. The summed E-state index contributed by atoms with van der Waals surface area (Å²) in [6, 6.07) is 0. The van der Waals surface area contributed by atoms with Crippen molar-refractivity contribution in [3.63, 3.8) is 0 Å². The Bertz CT molecular complexity index is 323. The van der Waals surface area contributed by atoms with Gasteiger partial charge in [0.2, 0.25) is 11.8 Å². The number of likely N-dealkylation sites (N-methyl/N-ethyl adjacent to an activating group) is 1. The summed E-state index contributed by atoms with van der Waals surface area (Å²) >= 11 is 0. The fourth-order valence-corrected chi connectivity index (χ4v) is 2.45. The molecule has 19 heavy (non-hydrogen) atoms. The molecule has 0 spiro atoms. The van der Waals surface area contributed by atoms with E-state index < -0.39 is 5.60 Å². The molecule has 0 aromatic rings. The number of nitrogens with zero attached hydrogens (tertiary/aromatic N) is 1. The van der Waals surface area contributed by atoms with Gasteiger partial charge >= 0.3 is 0 Å². The standard InChI is InChI=1S/C14H26N2O3/c1-4-12-5-7-14(19,8-6-12)10-15-13(18)9-16(3)11(2)17/h12,19H,4-10H2,1-3H3,(H,15,18). The number of nitrogens with one attached hydrogen (secondary N) is 1. The molecule has 0 aliphatic heterocycles. The molecule has 110 valence electrons. The van der Waals surface area contributed by atoms with Crippen molar-refractivity contribution in [1.29, 1.82) is 0 Å². The number of aliphatic hydroxyl groups is 1. The molecule has 1 aliphatic carbocycles. The van der Waals surface area contributed by atoms with Gasteiger partial charge in [0.15, 0.2) is 0 Å². The second-order valence-corrected chi connectivity index (χ2v) is 5.73. The van der Waals surface area contributed by atoms with E-state index in [4.69, 9.17) is 0 Å². The Morgan fingerprint density at radius 1 is 1.37 bits per heavy atom. The highest BCUT2D eigenvalue weighted by Crippen LogP contribution is 2.33. The molecule has 1 saturated carbocycles. The van der Waals surface area contributed by atoms with Crippen molar-refractivity contribution in [2.45, 2.75) is 51.6 Å². The summed E-state index contributed by atoms with van der Waals surface area (Å²) in [5.41, 5.74) is -0.768. The van der Waals surface area contributed by atoms with Crippen molar-refractivity contribution in [3.05, 3.63) is 0 Å². The molecule has 0 heterocycles. The molecule has 5 heteroatoms. The van der Waals surface area contributed by atoms with Crippen LogP contribution in [-0.4, -0.2) is 47.6 Å². The van der Waals surface area contributed by atoms with Crippen molar-refractivity contribution >= 4 is 11.8 Å². The molecule has 1 rings (SSSR count). The molecule has 0 bridgehead atoms. The Labute approximate surface area is 115 Å². The van der Waals surface area contributed by atoms with Gasteiger partial charge in [-0.25, -0.2) is 0 Å². The summed E-state index contributed by atoms with van der Waals surface area (Å²) in [7, 11) is 1.59. The third kappa shape index (κ3) is 5.19. The summed E-state index contributed by atoms with van der Waals surface area (Å²) in [5.74, 6) is 0.348. The van der Waals surface area contributed by atoms with E-state index in [1.54, 1.807) is 7.05 Å².